The number of piperidine rings is 1. The molecular weight excluding hydrogens is 735 g/mol. The Bertz CT molecular complexity index is 2220. The highest BCUT2D eigenvalue weighted by molar-refractivity contribution is 6.26. The molecule has 0 spiro atoms. The number of hydrogen-bond donors (Lipinski definition) is 1. The Morgan fingerprint density at radius 3 is 1.39 bits per heavy atom. The Kier molecular flexibility index (Phi) is 10.7. The first-order valence-corrected chi connectivity index (χ1v) is 20.2. The lowest BCUT2D eigenvalue weighted by Gasteiger charge is -2.79. The molecule has 2 nitrogen and oxygen atoms in total. The predicted molar refractivity (Wildman–Crippen MR) is 227 cm³/mol. The molecule has 0 bridgehead atoms. The SMILES string of the molecule is CCC1(Cc2ccccc2)C(O)(Cc2ccccc2)N(c2ccccc2)C(C)(C(F)(F)F)C(Cc2ccccc2)(C(C)(C)c2ccccc2)C1(Cl)c1ccccc1. The first kappa shape index (κ1) is 40.4. The largest absolute Gasteiger partial charge is 0.412 e. The topological polar surface area (TPSA) is 23.5 Å². The standard InChI is InChI=1S/C51H51ClF3NO/c1-5-47(36-39-24-12-6-13-25-39)49(57,38-41-28-16-8-17-29-41)56(44-34-22-11-23-35-44)46(4,51(53,54)55)48(37-40-26-14-7-15-27-40,45(2,3)42-30-18-9-19-31-42)50(47,52)43-32-20-10-21-33-43/h6-35,57H,5,36-38H2,1-4H3. The maximum absolute atomic E-state index is 17.8. The fourth-order valence-electron chi connectivity index (χ4n) is 10.9. The third-order valence-electron chi connectivity index (χ3n) is 13.5. The van der Waals surface area contributed by atoms with Gasteiger partial charge in [-0.2, -0.15) is 13.2 Å². The average molecular weight is 786 g/mol. The van der Waals surface area contributed by atoms with Gasteiger partial charge in [-0.25, -0.2) is 0 Å². The summed E-state index contributed by atoms with van der Waals surface area (Å²) in [5.74, 6) is 0. The van der Waals surface area contributed by atoms with Crippen molar-refractivity contribution in [3.05, 3.63) is 210 Å². The third kappa shape index (κ3) is 6.03. The lowest BCUT2D eigenvalue weighted by molar-refractivity contribution is -0.303. The second-order valence-corrected chi connectivity index (χ2v) is 17.0. The molecule has 1 saturated heterocycles. The van der Waals surface area contributed by atoms with Gasteiger partial charge in [0.25, 0.3) is 0 Å². The van der Waals surface area contributed by atoms with E-state index in [1.165, 1.54) is 11.8 Å². The van der Waals surface area contributed by atoms with E-state index in [0.29, 0.717) is 22.3 Å². The van der Waals surface area contributed by atoms with Gasteiger partial charge in [0.1, 0.15) is 5.54 Å². The van der Waals surface area contributed by atoms with Crippen LogP contribution in [0.5, 0.6) is 0 Å². The van der Waals surface area contributed by atoms with E-state index in [9.17, 15) is 5.11 Å². The van der Waals surface area contributed by atoms with Crippen LogP contribution >= 0.6 is 11.6 Å². The van der Waals surface area contributed by atoms with Crippen LogP contribution in [0.15, 0.2) is 182 Å². The Balaban J connectivity index is 1.80. The van der Waals surface area contributed by atoms with Crippen LogP contribution in [0.1, 0.15) is 61.9 Å². The summed E-state index contributed by atoms with van der Waals surface area (Å²) in [6.45, 7) is 7.17. The van der Waals surface area contributed by atoms with Crippen LogP contribution in [0, 0.1) is 10.8 Å². The number of alkyl halides is 4. The van der Waals surface area contributed by atoms with Gasteiger partial charge >= 0.3 is 6.18 Å². The highest BCUT2D eigenvalue weighted by Gasteiger charge is 2.88. The van der Waals surface area contributed by atoms with E-state index in [1.807, 2.05) is 172 Å². The van der Waals surface area contributed by atoms with E-state index >= 15 is 13.2 Å². The van der Waals surface area contributed by atoms with E-state index in [1.54, 1.807) is 30.3 Å². The molecule has 1 aliphatic heterocycles. The Hall–Kier alpha value is -4.84. The minimum atomic E-state index is -4.98. The number of anilines is 1. The summed E-state index contributed by atoms with van der Waals surface area (Å²) in [6, 6.07) is 56.2. The van der Waals surface area contributed by atoms with Gasteiger partial charge in [-0.05, 0) is 66.1 Å². The lowest BCUT2D eigenvalue weighted by atomic mass is 9.35. The van der Waals surface area contributed by atoms with Gasteiger partial charge in [0, 0.05) is 28.4 Å². The van der Waals surface area contributed by atoms with Crippen molar-refractivity contribution in [2.24, 2.45) is 10.8 Å². The van der Waals surface area contributed by atoms with Crippen LogP contribution in [0.2, 0.25) is 0 Å². The van der Waals surface area contributed by atoms with Crippen LogP contribution in [0.4, 0.5) is 18.9 Å². The summed E-state index contributed by atoms with van der Waals surface area (Å²) in [6.07, 6.45) is -4.79. The van der Waals surface area contributed by atoms with E-state index in [4.69, 9.17) is 11.6 Å². The summed E-state index contributed by atoms with van der Waals surface area (Å²) in [4.78, 5) is -0.559. The molecule has 6 heteroatoms. The normalized spacial score (nSPS) is 26.6. The molecule has 1 N–H and O–H groups in total. The number of rotatable bonds is 11. The molecule has 6 aromatic rings. The Morgan fingerprint density at radius 2 is 0.947 bits per heavy atom. The highest BCUT2D eigenvalue weighted by atomic mass is 35.5. The fraction of sp³-hybridized carbons (Fsp3) is 0.294. The van der Waals surface area contributed by atoms with Gasteiger partial charge in [0.2, 0.25) is 0 Å². The summed E-state index contributed by atoms with van der Waals surface area (Å²) >= 11 is 8.99. The summed E-state index contributed by atoms with van der Waals surface area (Å²) in [5.41, 5.74) is -6.15. The predicted octanol–water partition coefficient (Wildman–Crippen LogP) is 12.7. The molecule has 57 heavy (non-hydrogen) atoms. The third-order valence-corrected chi connectivity index (χ3v) is 14.4. The monoisotopic (exact) mass is 785 g/mol. The Labute approximate surface area is 341 Å². The van der Waals surface area contributed by atoms with E-state index in [-0.39, 0.29) is 31.4 Å². The van der Waals surface area contributed by atoms with Crippen LogP contribution in [-0.2, 0) is 29.6 Å². The molecule has 0 saturated carbocycles. The second kappa shape index (κ2) is 15.2. The number of benzene rings is 6. The molecule has 0 aromatic heterocycles. The van der Waals surface area contributed by atoms with Crippen molar-refractivity contribution in [2.75, 3.05) is 4.90 Å². The molecule has 1 fully saturated rings. The number of nitrogens with zero attached hydrogens (tertiary/aromatic N) is 1. The quantitative estimate of drug-likeness (QED) is 0.132. The maximum atomic E-state index is 17.8. The van der Waals surface area contributed by atoms with Crippen molar-refractivity contribution in [1.29, 1.82) is 0 Å². The molecule has 0 amide bonds. The zero-order chi connectivity index (χ0) is 40.6. The molecular formula is C51H51ClF3NO. The lowest BCUT2D eigenvalue weighted by Crippen LogP contribution is -2.90. The van der Waals surface area contributed by atoms with Gasteiger partial charge in [-0.3, -0.25) is 0 Å². The average Bonchev–Trinajstić information content (AvgIpc) is 3.23. The minimum absolute atomic E-state index is 0.0779. The molecule has 6 aromatic carbocycles. The van der Waals surface area contributed by atoms with Crippen LogP contribution in [-0.4, -0.2) is 22.5 Å². The van der Waals surface area contributed by atoms with E-state index in [0.717, 1.165) is 5.56 Å². The number of halogens is 4. The van der Waals surface area contributed by atoms with Crippen molar-refractivity contribution in [3.8, 4) is 0 Å². The van der Waals surface area contributed by atoms with E-state index in [2.05, 4.69) is 0 Å². The molecule has 1 aliphatic rings. The van der Waals surface area contributed by atoms with Gasteiger partial charge < -0.3 is 10.0 Å². The molecule has 5 atom stereocenters. The van der Waals surface area contributed by atoms with Gasteiger partial charge in [0.15, 0.2) is 5.72 Å². The molecule has 294 valence electrons. The van der Waals surface area contributed by atoms with Gasteiger partial charge in [-0.1, -0.05) is 191 Å². The van der Waals surface area contributed by atoms with Crippen LogP contribution in [0.3, 0.4) is 0 Å². The van der Waals surface area contributed by atoms with Crippen molar-refractivity contribution < 1.29 is 18.3 Å². The smallest absolute Gasteiger partial charge is 0.370 e. The molecule has 0 radical (unpaired) electrons. The fourth-order valence-corrected chi connectivity index (χ4v) is 11.9. The second-order valence-electron chi connectivity index (χ2n) is 16.4. The maximum Gasteiger partial charge on any atom is 0.412 e. The molecule has 5 unspecified atom stereocenters. The number of hydrogen-bond acceptors (Lipinski definition) is 2. The zero-order valence-electron chi connectivity index (χ0n) is 33.1. The molecule has 7 rings (SSSR count). The van der Waals surface area contributed by atoms with Crippen LogP contribution in [0.25, 0.3) is 0 Å². The zero-order valence-corrected chi connectivity index (χ0v) is 33.8. The van der Waals surface area contributed by atoms with Crippen molar-refractivity contribution in [3.63, 3.8) is 0 Å². The summed E-state index contributed by atoms with van der Waals surface area (Å²) in [7, 11) is 0. The molecule has 0 aliphatic carbocycles. The first-order valence-electron chi connectivity index (χ1n) is 19.8. The molecule has 1 heterocycles. The summed E-state index contributed by atoms with van der Waals surface area (Å²) < 4.78 is 53.5. The van der Waals surface area contributed by atoms with Crippen molar-refractivity contribution in [2.45, 2.75) is 81.1 Å². The van der Waals surface area contributed by atoms with Gasteiger partial charge in [0.05, 0.1) is 4.87 Å². The van der Waals surface area contributed by atoms with Crippen molar-refractivity contribution >= 4 is 17.3 Å². The number of aliphatic hydroxyl groups is 1. The first-order chi connectivity index (χ1) is 27.2. The number of para-hydroxylation sites is 1. The highest BCUT2D eigenvalue weighted by Crippen LogP contribution is 2.79. The van der Waals surface area contributed by atoms with Crippen LogP contribution < -0.4 is 4.90 Å². The summed E-state index contributed by atoms with van der Waals surface area (Å²) in [5, 5.41) is 14.6. The van der Waals surface area contributed by atoms with Crippen molar-refractivity contribution in [1.82, 2.24) is 0 Å². The minimum Gasteiger partial charge on any atom is -0.370 e. The van der Waals surface area contributed by atoms with Gasteiger partial charge in [-0.15, -0.1) is 11.6 Å². The van der Waals surface area contributed by atoms with E-state index < -0.39 is 38.6 Å². The Morgan fingerprint density at radius 1 is 0.561 bits per heavy atom.